The lowest BCUT2D eigenvalue weighted by molar-refractivity contribution is -0.149. The SMILES string of the molecule is CCOC(=O)C[C@@H]1CC[C@@H](CC(=O)OCC)N2CCCCC12. The van der Waals surface area contributed by atoms with Gasteiger partial charge in [-0.15, -0.1) is 0 Å². The average Bonchev–Trinajstić information content (AvgIpc) is 2.50. The molecule has 0 aromatic carbocycles. The summed E-state index contributed by atoms with van der Waals surface area (Å²) in [5, 5.41) is 0. The first-order chi connectivity index (χ1) is 10.7. The molecule has 0 saturated carbocycles. The highest BCUT2D eigenvalue weighted by molar-refractivity contribution is 5.70. The van der Waals surface area contributed by atoms with Crippen LogP contribution in [0, 0.1) is 5.92 Å². The fraction of sp³-hybridized carbons (Fsp3) is 0.882. The Hall–Kier alpha value is -1.10. The third-order valence-corrected chi connectivity index (χ3v) is 4.92. The molecule has 22 heavy (non-hydrogen) atoms. The highest BCUT2D eigenvalue weighted by Crippen LogP contribution is 2.37. The number of fused-ring (bicyclic) bond motifs is 1. The maximum atomic E-state index is 11.8. The van der Waals surface area contributed by atoms with E-state index in [0.717, 1.165) is 25.8 Å². The zero-order valence-corrected chi connectivity index (χ0v) is 13.9. The molecule has 0 N–H and O–H groups in total. The van der Waals surface area contributed by atoms with Gasteiger partial charge in [0.05, 0.1) is 19.6 Å². The fourth-order valence-electron chi connectivity index (χ4n) is 4.01. The molecule has 2 fully saturated rings. The van der Waals surface area contributed by atoms with Crippen molar-refractivity contribution in [2.45, 2.75) is 70.9 Å². The van der Waals surface area contributed by atoms with Crippen molar-refractivity contribution in [2.24, 2.45) is 5.92 Å². The first-order valence-corrected chi connectivity index (χ1v) is 8.72. The first kappa shape index (κ1) is 17.3. The number of carbonyl (C=O) groups excluding carboxylic acids is 2. The van der Waals surface area contributed by atoms with E-state index in [0.29, 0.717) is 38.0 Å². The van der Waals surface area contributed by atoms with Crippen molar-refractivity contribution in [1.29, 1.82) is 0 Å². The van der Waals surface area contributed by atoms with Crippen molar-refractivity contribution in [3.8, 4) is 0 Å². The molecule has 2 aliphatic heterocycles. The largest absolute Gasteiger partial charge is 0.466 e. The number of carbonyl (C=O) groups is 2. The van der Waals surface area contributed by atoms with E-state index in [1.165, 1.54) is 12.8 Å². The zero-order valence-electron chi connectivity index (χ0n) is 13.9. The summed E-state index contributed by atoms with van der Waals surface area (Å²) in [4.78, 5) is 26.1. The number of hydrogen-bond acceptors (Lipinski definition) is 5. The molecule has 5 nitrogen and oxygen atoms in total. The molecule has 2 heterocycles. The molecule has 0 aliphatic carbocycles. The molecular weight excluding hydrogens is 282 g/mol. The number of hydrogen-bond donors (Lipinski definition) is 0. The van der Waals surface area contributed by atoms with Crippen molar-refractivity contribution in [2.75, 3.05) is 19.8 Å². The Bertz CT molecular complexity index is 349. The minimum Gasteiger partial charge on any atom is -0.466 e. The molecule has 126 valence electrons. The number of piperidine rings is 2. The molecular formula is C17H29NO4. The number of nitrogens with zero attached hydrogens (tertiary/aromatic N) is 1. The maximum Gasteiger partial charge on any atom is 0.307 e. The first-order valence-electron chi connectivity index (χ1n) is 8.72. The predicted molar refractivity (Wildman–Crippen MR) is 83.4 cm³/mol. The second-order valence-corrected chi connectivity index (χ2v) is 6.31. The third-order valence-electron chi connectivity index (χ3n) is 4.92. The van der Waals surface area contributed by atoms with Gasteiger partial charge in [0.2, 0.25) is 0 Å². The van der Waals surface area contributed by atoms with E-state index in [1.54, 1.807) is 0 Å². The Morgan fingerprint density at radius 1 is 0.955 bits per heavy atom. The van der Waals surface area contributed by atoms with Gasteiger partial charge in [-0.25, -0.2) is 0 Å². The number of rotatable bonds is 6. The van der Waals surface area contributed by atoms with Gasteiger partial charge in [-0.3, -0.25) is 14.5 Å². The Kier molecular flexibility index (Phi) is 6.68. The van der Waals surface area contributed by atoms with Crippen molar-refractivity contribution < 1.29 is 19.1 Å². The van der Waals surface area contributed by atoms with E-state index in [1.807, 2.05) is 13.8 Å². The van der Waals surface area contributed by atoms with Gasteiger partial charge < -0.3 is 9.47 Å². The van der Waals surface area contributed by atoms with E-state index in [2.05, 4.69) is 4.90 Å². The van der Waals surface area contributed by atoms with Crippen LogP contribution < -0.4 is 0 Å². The highest BCUT2D eigenvalue weighted by Gasteiger charge is 2.40. The molecule has 0 spiro atoms. The molecule has 0 aromatic heterocycles. The molecule has 0 bridgehead atoms. The van der Waals surface area contributed by atoms with Gasteiger partial charge in [0, 0.05) is 18.5 Å². The summed E-state index contributed by atoms with van der Waals surface area (Å²) in [5.41, 5.74) is 0. The second-order valence-electron chi connectivity index (χ2n) is 6.31. The lowest BCUT2D eigenvalue weighted by Crippen LogP contribution is -2.54. The average molecular weight is 311 g/mol. The fourth-order valence-corrected chi connectivity index (χ4v) is 4.01. The highest BCUT2D eigenvalue weighted by atomic mass is 16.5. The van der Waals surface area contributed by atoms with Crippen LogP contribution in [0.4, 0.5) is 0 Å². The molecule has 2 saturated heterocycles. The smallest absolute Gasteiger partial charge is 0.307 e. The summed E-state index contributed by atoms with van der Waals surface area (Å²) in [5.74, 6) is 0.195. The van der Waals surface area contributed by atoms with Gasteiger partial charge in [-0.05, 0) is 52.0 Å². The van der Waals surface area contributed by atoms with Crippen molar-refractivity contribution in [3.05, 3.63) is 0 Å². The lowest BCUT2D eigenvalue weighted by Gasteiger charge is -2.48. The Morgan fingerprint density at radius 2 is 1.64 bits per heavy atom. The summed E-state index contributed by atoms with van der Waals surface area (Å²) in [6.07, 6.45) is 6.50. The zero-order chi connectivity index (χ0) is 15.9. The third kappa shape index (κ3) is 4.45. The summed E-state index contributed by atoms with van der Waals surface area (Å²) >= 11 is 0. The van der Waals surface area contributed by atoms with Crippen molar-refractivity contribution in [1.82, 2.24) is 4.90 Å². The second kappa shape index (κ2) is 8.51. The van der Waals surface area contributed by atoms with Crippen LogP contribution in [0.5, 0.6) is 0 Å². The van der Waals surface area contributed by atoms with Gasteiger partial charge in [0.1, 0.15) is 0 Å². The van der Waals surface area contributed by atoms with Crippen molar-refractivity contribution >= 4 is 11.9 Å². The normalized spacial score (nSPS) is 28.7. The Labute approximate surface area is 133 Å². The minimum absolute atomic E-state index is 0.0816. The Morgan fingerprint density at radius 3 is 2.32 bits per heavy atom. The Balaban J connectivity index is 1.96. The topological polar surface area (TPSA) is 55.8 Å². The molecule has 2 aliphatic rings. The quantitative estimate of drug-likeness (QED) is 0.706. The van der Waals surface area contributed by atoms with E-state index in [9.17, 15) is 9.59 Å². The molecule has 2 rings (SSSR count). The molecule has 0 aromatic rings. The minimum atomic E-state index is -0.0966. The standard InChI is InChI=1S/C17H29NO4/c1-3-21-16(19)11-13-8-9-14(12-17(20)22-4-2)18-10-6-5-7-15(13)18/h13-15H,3-12H2,1-2H3/t13-,14-,15?/m0/s1. The molecule has 3 atom stereocenters. The van der Waals surface area contributed by atoms with Crippen LogP contribution in [0.3, 0.4) is 0 Å². The molecule has 5 heteroatoms. The van der Waals surface area contributed by atoms with Gasteiger partial charge in [-0.2, -0.15) is 0 Å². The predicted octanol–water partition coefficient (Wildman–Crippen LogP) is 2.53. The lowest BCUT2D eigenvalue weighted by atomic mass is 9.78. The van der Waals surface area contributed by atoms with Crippen LogP contribution in [-0.4, -0.2) is 48.7 Å². The number of ether oxygens (including phenoxy) is 2. The summed E-state index contributed by atoms with van der Waals surface area (Å²) in [6, 6.07) is 0.703. The van der Waals surface area contributed by atoms with Gasteiger partial charge >= 0.3 is 11.9 Å². The number of esters is 2. The summed E-state index contributed by atoms with van der Waals surface area (Å²) in [7, 11) is 0. The van der Waals surface area contributed by atoms with Gasteiger partial charge in [0.25, 0.3) is 0 Å². The molecule has 1 unspecified atom stereocenters. The van der Waals surface area contributed by atoms with Crippen LogP contribution in [0.15, 0.2) is 0 Å². The van der Waals surface area contributed by atoms with E-state index in [-0.39, 0.29) is 18.0 Å². The summed E-state index contributed by atoms with van der Waals surface area (Å²) < 4.78 is 10.2. The van der Waals surface area contributed by atoms with Gasteiger partial charge in [0.15, 0.2) is 0 Å². The van der Waals surface area contributed by atoms with Crippen LogP contribution >= 0.6 is 0 Å². The molecule has 0 radical (unpaired) electrons. The van der Waals surface area contributed by atoms with Gasteiger partial charge in [-0.1, -0.05) is 6.42 Å². The van der Waals surface area contributed by atoms with E-state index < -0.39 is 0 Å². The monoisotopic (exact) mass is 311 g/mol. The maximum absolute atomic E-state index is 11.8. The summed E-state index contributed by atoms with van der Waals surface area (Å²) in [6.45, 7) is 5.62. The van der Waals surface area contributed by atoms with Crippen LogP contribution in [0.25, 0.3) is 0 Å². The van der Waals surface area contributed by atoms with Crippen LogP contribution in [0.2, 0.25) is 0 Å². The van der Waals surface area contributed by atoms with Crippen molar-refractivity contribution in [3.63, 3.8) is 0 Å². The van der Waals surface area contributed by atoms with E-state index >= 15 is 0 Å². The van der Waals surface area contributed by atoms with E-state index in [4.69, 9.17) is 9.47 Å². The molecule has 0 amide bonds. The van der Waals surface area contributed by atoms with Crippen LogP contribution in [0.1, 0.15) is 58.8 Å². The van der Waals surface area contributed by atoms with Crippen LogP contribution in [-0.2, 0) is 19.1 Å².